The first-order chi connectivity index (χ1) is 9.10. The van der Waals surface area contributed by atoms with E-state index < -0.39 is 0 Å². The molecule has 2 N–H and O–H groups in total. The Morgan fingerprint density at radius 2 is 2.21 bits per heavy atom. The van der Waals surface area contributed by atoms with Crippen LogP contribution in [0.3, 0.4) is 0 Å². The van der Waals surface area contributed by atoms with Crippen LogP contribution in [-0.2, 0) is 6.54 Å². The van der Waals surface area contributed by atoms with E-state index in [0.717, 1.165) is 24.7 Å². The summed E-state index contributed by atoms with van der Waals surface area (Å²) in [5.74, 6) is 1.39. The quantitative estimate of drug-likeness (QED) is 0.906. The molecule has 3 heteroatoms. The summed E-state index contributed by atoms with van der Waals surface area (Å²) < 4.78 is 0. The third kappa shape index (κ3) is 2.82. The first-order valence-electron chi connectivity index (χ1n) is 7.41. The van der Waals surface area contributed by atoms with Gasteiger partial charge in [0.2, 0.25) is 0 Å². The molecule has 1 aliphatic carbocycles. The van der Waals surface area contributed by atoms with Crippen molar-refractivity contribution in [1.82, 2.24) is 9.88 Å². The maximum Gasteiger partial charge on any atom is 0.0544 e. The van der Waals surface area contributed by atoms with Crippen molar-refractivity contribution in [2.24, 2.45) is 17.6 Å². The summed E-state index contributed by atoms with van der Waals surface area (Å²) in [6.45, 7) is 6.35. The number of nitrogens with two attached hydrogens (primary N) is 1. The minimum Gasteiger partial charge on any atom is -0.329 e. The third-order valence-electron chi connectivity index (χ3n) is 5.21. The molecule has 19 heavy (non-hydrogen) atoms. The van der Waals surface area contributed by atoms with Crippen molar-refractivity contribution in [2.75, 3.05) is 13.6 Å². The van der Waals surface area contributed by atoms with Crippen LogP contribution in [0, 0.1) is 11.8 Å². The van der Waals surface area contributed by atoms with Gasteiger partial charge in [-0.15, -0.1) is 0 Å². The molecule has 0 spiro atoms. The lowest BCUT2D eigenvalue weighted by Gasteiger charge is -2.51. The van der Waals surface area contributed by atoms with Gasteiger partial charge in [-0.25, -0.2) is 0 Å². The molecule has 3 nitrogen and oxygen atoms in total. The topological polar surface area (TPSA) is 42.1 Å². The van der Waals surface area contributed by atoms with Gasteiger partial charge in [0.05, 0.1) is 5.69 Å². The SMILES string of the molecule is CC1CCCC(CN)(N(C)Cc2ccccn2)C1C. The predicted octanol–water partition coefficient (Wildman–Crippen LogP) is 2.67. The van der Waals surface area contributed by atoms with Gasteiger partial charge in [-0.3, -0.25) is 9.88 Å². The molecule has 0 bridgehead atoms. The van der Waals surface area contributed by atoms with E-state index in [1.165, 1.54) is 19.3 Å². The first-order valence-corrected chi connectivity index (χ1v) is 7.41. The number of aromatic nitrogens is 1. The Balaban J connectivity index is 2.16. The average Bonchev–Trinajstić information content (AvgIpc) is 2.43. The van der Waals surface area contributed by atoms with E-state index in [1.807, 2.05) is 12.3 Å². The van der Waals surface area contributed by atoms with Crippen LogP contribution in [0.2, 0.25) is 0 Å². The number of hydrogen-bond donors (Lipinski definition) is 1. The van der Waals surface area contributed by atoms with Crippen molar-refractivity contribution < 1.29 is 0 Å². The molecule has 1 aromatic heterocycles. The highest BCUT2D eigenvalue weighted by molar-refractivity contribution is 5.06. The van der Waals surface area contributed by atoms with E-state index in [2.05, 4.69) is 42.9 Å². The Morgan fingerprint density at radius 3 is 2.84 bits per heavy atom. The summed E-state index contributed by atoms with van der Waals surface area (Å²) in [4.78, 5) is 6.88. The van der Waals surface area contributed by atoms with E-state index in [-0.39, 0.29) is 5.54 Å². The summed E-state index contributed by atoms with van der Waals surface area (Å²) in [5, 5.41) is 0. The van der Waals surface area contributed by atoms with Gasteiger partial charge in [0.1, 0.15) is 0 Å². The van der Waals surface area contributed by atoms with E-state index >= 15 is 0 Å². The molecule has 1 heterocycles. The van der Waals surface area contributed by atoms with E-state index in [4.69, 9.17) is 5.73 Å². The van der Waals surface area contributed by atoms with Gasteiger partial charge in [0.15, 0.2) is 0 Å². The van der Waals surface area contributed by atoms with Crippen LogP contribution < -0.4 is 5.73 Å². The number of pyridine rings is 1. The second-order valence-corrected chi connectivity index (χ2v) is 6.14. The normalized spacial score (nSPS) is 31.6. The zero-order chi connectivity index (χ0) is 13.9. The largest absolute Gasteiger partial charge is 0.329 e. The van der Waals surface area contributed by atoms with Crippen LogP contribution in [0.5, 0.6) is 0 Å². The lowest BCUT2D eigenvalue weighted by molar-refractivity contribution is 0.000689. The van der Waals surface area contributed by atoms with Crippen molar-refractivity contribution in [3.63, 3.8) is 0 Å². The Bertz CT molecular complexity index is 392. The predicted molar refractivity (Wildman–Crippen MR) is 79.7 cm³/mol. The summed E-state index contributed by atoms with van der Waals surface area (Å²) in [7, 11) is 2.20. The maximum atomic E-state index is 6.18. The molecule has 0 saturated heterocycles. The van der Waals surface area contributed by atoms with Crippen molar-refractivity contribution in [2.45, 2.75) is 45.2 Å². The minimum atomic E-state index is 0.134. The van der Waals surface area contributed by atoms with Crippen molar-refractivity contribution >= 4 is 0 Å². The molecule has 106 valence electrons. The van der Waals surface area contributed by atoms with Crippen LogP contribution in [0.25, 0.3) is 0 Å². The highest BCUT2D eigenvalue weighted by atomic mass is 15.2. The Hall–Kier alpha value is -0.930. The summed E-state index contributed by atoms with van der Waals surface area (Å²) >= 11 is 0. The van der Waals surface area contributed by atoms with Gasteiger partial charge in [-0.2, -0.15) is 0 Å². The number of rotatable bonds is 4. The fraction of sp³-hybridized carbons (Fsp3) is 0.688. The number of nitrogens with zero attached hydrogens (tertiary/aromatic N) is 2. The average molecular weight is 261 g/mol. The summed E-state index contributed by atoms with van der Waals surface area (Å²) in [6, 6.07) is 6.11. The van der Waals surface area contributed by atoms with Gasteiger partial charge < -0.3 is 5.73 Å². The highest BCUT2D eigenvalue weighted by Gasteiger charge is 2.43. The summed E-state index contributed by atoms with van der Waals surface area (Å²) in [6.07, 6.45) is 5.69. The minimum absolute atomic E-state index is 0.134. The van der Waals surface area contributed by atoms with Crippen molar-refractivity contribution in [3.05, 3.63) is 30.1 Å². The lowest BCUT2D eigenvalue weighted by Crippen LogP contribution is -2.59. The van der Waals surface area contributed by atoms with Crippen LogP contribution in [0.1, 0.15) is 38.8 Å². The molecule has 0 aromatic carbocycles. The second kappa shape index (κ2) is 6.02. The molecule has 0 amide bonds. The molecule has 1 fully saturated rings. The third-order valence-corrected chi connectivity index (χ3v) is 5.21. The molecule has 1 aliphatic rings. The van der Waals surface area contributed by atoms with E-state index in [0.29, 0.717) is 5.92 Å². The number of likely N-dealkylation sites (N-methyl/N-ethyl adjacent to an activating group) is 1. The molecule has 1 saturated carbocycles. The van der Waals surface area contributed by atoms with Crippen LogP contribution >= 0.6 is 0 Å². The monoisotopic (exact) mass is 261 g/mol. The molecular formula is C16H27N3. The zero-order valence-electron chi connectivity index (χ0n) is 12.5. The van der Waals surface area contributed by atoms with Gasteiger partial charge in [0.25, 0.3) is 0 Å². The van der Waals surface area contributed by atoms with Crippen LogP contribution in [-0.4, -0.2) is 29.0 Å². The Labute approximate surface area is 117 Å². The van der Waals surface area contributed by atoms with Gasteiger partial charge in [0, 0.05) is 24.8 Å². The lowest BCUT2D eigenvalue weighted by atomic mass is 9.67. The van der Waals surface area contributed by atoms with E-state index in [9.17, 15) is 0 Å². The maximum absolute atomic E-state index is 6.18. The molecule has 2 rings (SSSR count). The molecule has 3 atom stereocenters. The van der Waals surface area contributed by atoms with Gasteiger partial charge >= 0.3 is 0 Å². The molecule has 1 aromatic rings. The van der Waals surface area contributed by atoms with Crippen LogP contribution in [0.15, 0.2) is 24.4 Å². The fourth-order valence-corrected chi connectivity index (χ4v) is 3.61. The summed E-state index contributed by atoms with van der Waals surface area (Å²) in [5.41, 5.74) is 7.45. The Kier molecular flexibility index (Phi) is 4.58. The fourth-order valence-electron chi connectivity index (χ4n) is 3.61. The molecule has 0 aliphatic heterocycles. The zero-order valence-corrected chi connectivity index (χ0v) is 12.5. The second-order valence-electron chi connectivity index (χ2n) is 6.14. The number of hydrogen-bond acceptors (Lipinski definition) is 3. The van der Waals surface area contributed by atoms with Gasteiger partial charge in [-0.1, -0.05) is 32.8 Å². The van der Waals surface area contributed by atoms with E-state index in [1.54, 1.807) is 0 Å². The molecule has 3 unspecified atom stereocenters. The molecular weight excluding hydrogens is 234 g/mol. The van der Waals surface area contributed by atoms with Crippen molar-refractivity contribution in [3.8, 4) is 0 Å². The molecule has 0 radical (unpaired) electrons. The first kappa shape index (κ1) is 14.5. The Morgan fingerprint density at radius 1 is 1.42 bits per heavy atom. The van der Waals surface area contributed by atoms with Crippen LogP contribution in [0.4, 0.5) is 0 Å². The standard InChI is InChI=1S/C16H27N3/c1-13-7-6-9-16(12-17,14(13)2)19(3)11-15-8-4-5-10-18-15/h4-5,8,10,13-14H,6-7,9,11-12,17H2,1-3H3. The highest BCUT2D eigenvalue weighted by Crippen LogP contribution is 2.40. The van der Waals surface area contributed by atoms with Crippen molar-refractivity contribution in [1.29, 1.82) is 0 Å². The smallest absolute Gasteiger partial charge is 0.0544 e. The van der Waals surface area contributed by atoms with Gasteiger partial charge in [-0.05, 0) is 37.4 Å².